The summed E-state index contributed by atoms with van der Waals surface area (Å²) in [7, 11) is 0. The van der Waals surface area contributed by atoms with Gasteiger partial charge in [0.2, 0.25) is 5.91 Å². The van der Waals surface area contributed by atoms with E-state index < -0.39 is 6.03 Å². The third-order valence-corrected chi connectivity index (χ3v) is 5.07. The van der Waals surface area contributed by atoms with Crippen molar-refractivity contribution >= 4 is 17.8 Å². The van der Waals surface area contributed by atoms with Crippen LogP contribution in [-0.2, 0) is 11.3 Å². The van der Waals surface area contributed by atoms with Crippen LogP contribution < -0.4 is 11.1 Å². The van der Waals surface area contributed by atoms with Gasteiger partial charge in [0.1, 0.15) is 0 Å². The van der Waals surface area contributed by atoms with Gasteiger partial charge in [0, 0.05) is 24.7 Å². The van der Waals surface area contributed by atoms with Crippen molar-refractivity contribution in [3.63, 3.8) is 0 Å². The van der Waals surface area contributed by atoms with Crippen LogP contribution in [0.1, 0.15) is 35.7 Å². The molecule has 2 aliphatic rings. The molecule has 0 aliphatic carbocycles. The molecule has 0 spiro atoms. The van der Waals surface area contributed by atoms with E-state index in [-0.39, 0.29) is 30.9 Å². The third kappa shape index (κ3) is 3.51. The molecule has 2 fully saturated rings. The first-order chi connectivity index (χ1) is 12.0. The lowest BCUT2D eigenvalue weighted by atomic mass is 9.90. The summed E-state index contributed by atoms with van der Waals surface area (Å²) in [4.78, 5) is 39.4. The van der Waals surface area contributed by atoms with E-state index >= 15 is 0 Å². The fourth-order valence-corrected chi connectivity index (χ4v) is 3.63. The molecule has 2 atom stereocenters. The van der Waals surface area contributed by atoms with E-state index in [2.05, 4.69) is 12.2 Å². The Bertz CT molecular complexity index is 675. The highest BCUT2D eigenvalue weighted by Crippen LogP contribution is 2.24. The summed E-state index contributed by atoms with van der Waals surface area (Å²) in [5.74, 6) is 0.0904. The maximum atomic E-state index is 12.9. The van der Waals surface area contributed by atoms with E-state index in [0.717, 1.165) is 23.3 Å². The molecule has 4 amide bonds. The predicted octanol–water partition coefficient (Wildman–Crippen LogP) is 0.938. The number of benzene rings is 1. The first-order valence-electron chi connectivity index (χ1n) is 8.69. The number of hydrogen-bond acceptors (Lipinski definition) is 4. The Balaban J connectivity index is 1.77. The molecule has 0 saturated carbocycles. The Morgan fingerprint density at radius 1 is 1.36 bits per heavy atom. The van der Waals surface area contributed by atoms with Crippen LogP contribution in [0.3, 0.4) is 0 Å². The molecule has 7 nitrogen and oxygen atoms in total. The normalized spacial score (nSPS) is 23.8. The fourth-order valence-electron chi connectivity index (χ4n) is 3.63. The number of likely N-dealkylation sites (tertiary alicyclic amines) is 1. The second-order valence-corrected chi connectivity index (χ2v) is 6.76. The van der Waals surface area contributed by atoms with Crippen molar-refractivity contribution in [2.24, 2.45) is 11.7 Å². The van der Waals surface area contributed by atoms with Gasteiger partial charge in [-0.25, -0.2) is 4.79 Å². The number of rotatable bonds is 4. The van der Waals surface area contributed by atoms with Gasteiger partial charge in [-0.05, 0) is 36.5 Å². The maximum Gasteiger partial charge on any atom is 0.324 e. The minimum absolute atomic E-state index is 0.0291. The molecule has 3 rings (SSSR count). The molecular weight excluding hydrogens is 320 g/mol. The zero-order valence-electron chi connectivity index (χ0n) is 14.4. The lowest BCUT2D eigenvalue weighted by molar-refractivity contribution is -0.125. The van der Waals surface area contributed by atoms with E-state index in [4.69, 9.17) is 5.73 Å². The largest absolute Gasteiger partial charge is 0.334 e. The van der Waals surface area contributed by atoms with Gasteiger partial charge in [-0.1, -0.05) is 19.1 Å². The zero-order valence-corrected chi connectivity index (χ0v) is 14.4. The van der Waals surface area contributed by atoms with E-state index in [9.17, 15) is 14.4 Å². The van der Waals surface area contributed by atoms with Crippen LogP contribution in [0.2, 0.25) is 0 Å². The summed E-state index contributed by atoms with van der Waals surface area (Å²) in [6.45, 7) is 3.49. The van der Waals surface area contributed by atoms with Crippen molar-refractivity contribution in [2.45, 2.75) is 32.4 Å². The van der Waals surface area contributed by atoms with Gasteiger partial charge in [-0.2, -0.15) is 0 Å². The topological polar surface area (TPSA) is 95.7 Å². The molecule has 1 aromatic rings. The predicted molar refractivity (Wildman–Crippen MR) is 92.7 cm³/mol. The Hall–Kier alpha value is -2.41. The van der Waals surface area contributed by atoms with E-state index in [0.29, 0.717) is 24.6 Å². The summed E-state index contributed by atoms with van der Waals surface area (Å²) >= 11 is 0. The van der Waals surface area contributed by atoms with Crippen LogP contribution >= 0.6 is 0 Å². The molecule has 3 N–H and O–H groups in total. The molecule has 134 valence electrons. The molecule has 2 aliphatic heterocycles. The first kappa shape index (κ1) is 17.4. The van der Waals surface area contributed by atoms with Crippen molar-refractivity contribution in [1.29, 1.82) is 0 Å². The van der Waals surface area contributed by atoms with Crippen molar-refractivity contribution in [3.05, 3.63) is 35.4 Å². The van der Waals surface area contributed by atoms with Crippen molar-refractivity contribution in [1.82, 2.24) is 15.1 Å². The second-order valence-electron chi connectivity index (χ2n) is 6.76. The molecule has 25 heavy (non-hydrogen) atoms. The average Bonchev–Trinajstić information content (AvgIpc) is 2.93. The molecule has 0 unspecified atom stereocenters. The Labute approximate surface area is 147 Å². The Kier molecular flexibility index (Phi) is 5.03. The molecule has 1 aromatic carbocycles. The zero-order chi connectivity index (χ0) is 18.0. The van der Waals surface area contributed by atoms with Crippen molar-refractivity contribution in [3.8, 4) is 0 Å². The smallest absolute Gasteiger partial charge is 0.324 e. The van der Waals surface area contributed by atoms with Gasteiger partial charge in [0.25, 0.3) is 5.91 Å². The van der Waals surface area contributed by atoms with E-state index in [1.165, 1.54) is 0 Å². The number of carbonyl (C=O) groups excluding carboxylic acids is 3. The van der Waals surface area contributed by atoms with Gasteiger partial charge < -0.3 is 16.0 Å². The standard InChI is InChI=1S/C18H24N4O3/c1-12-4-3-7-21(15(12)9-19)17(24)14-6-2-5-13(8-14)11-22-16(23)10-20-18(22)25/h2,5-6,8,12,15H,3-4,7,9-11,19H2,1H3,(H,20,25)/t12-,15-/m0/s1. The highest BCUT2D eigenvalue weighted by atomic mass is 16.2. The Morgan fingerprint density at radius 2 is 2.16 bits per heavy atom. The van der Waals surface area contributed by atoms with Gasteiger partial charge in [0.15, 0.2) is 0 Å². The lowest BCUT2D eigenvalue weighted by Gasteiger charge is -2.39. The highest BCUT2D eigenvalue weighted by Gasteiger charge is 2.32. The number of imide groups is 1. The van der Waals surface area contributed by atoms with Crippen LogP contribution in [0.5, 0.6) is 0 Å². The number of amides is 4. The van der Waals surface area contributed by atoms with E-state index in [1.54, 1.807) is 18.2 Å². The maximum absolute atomic E-state index is 12.9. The number of nitrogens with two attached hydrogens (primary N) is 1. The third-order valence-electron chi connectivity index (χ3n) is 5.07. The molecule has 0 radical (unpaired) electrons. The Morgan fingerprint density at radius 3 is 2.84 bits per heavy atom. The van der Waals surface area contributed by atoms with Gasteiger partial charge in [0.05, 0.1) is 13.1 Å². The molecule has 2 heterocycles. The second kappa shape index (κ2) is 7.23. The van der Waals surface area contributed by atoms with Crippen LogP contribution in [-0.4, -0.2) is 53.3 Å². The number of hydrogen-bond donors (Lipinski definition) is 2. The van der Waals surface area contributed by atoms with Crippen LogP contribution in [0, 0.1) is 5.92 Å². The average molecular weight is 344 g/mol. The molecule has 0 bridgehead atoms. The summed E-state index contributed by atoms with van der Waals surface area (Å²) in [6.07, 6.45) is 2.06. The highest BCUT2D eigenvalue weighted by molar-refractivity contribution is 6.02. The number of carbonyl (C=O) groups is 3. The minimum Gasteiger partial charge on any atom is -0.334 e. The molecule has 7 heteroatoms. The molecule has 0 aromatic heterocycles. The van der Waals surface area contributed by atoms with Crippen LogP contribution in [0.4, 0.5) is 4.79 Å². The SMILES string of the molecule is C[C@H]1CCCN(C(=O)c2cccc(CN3C(=O)CNC3=O)c2)[C@H]1CN. The van der Waals surface area contributed by atoms with Gasteiger partial charge in [-0.15, -0.1) is 0 Å². The number of nitrogens with zero attached hydrogens (tertiary/aromatic N) is 2. The fraction of sp³-hybridized carbons (Fsp3) is 0.500. The monoisotopic (exact) mass is 344 g/mol. The van der Waals surface area contributed by atoms with Crippen LogP contribution in [0.25, 0.3) is 0 Å². The van der Waals surface area contributed by atoms with Crippen molar-refractivity contribution in [2.75, 3.05) is 19.6 Å². The lowest BCUT2D eigenvalue weighted by Crippen LogP contribution is -2.51. The quantitative estimate of drug-likeness (QED) is 0.795. The minimum atomic E-state index is -0.394. The van der Waals surface area contributed by atoms with Crippen LogP contribution in [0.15, 0.2) is 24.3 Å². The number of piperidine rings is 1. The molecule has 2 saturated heterocycles. The first-order valence-corrected chi connectivity index (χ1v) is 8.69. The summed E-state index contributed by atoms with van der Waals surface area (Å²) in [5, 5.41) is 2.50. The summed E-state index contributed by atoms with van der Waals surface area (Å²) in [6, 6.07) is 6.78. The molecular formula is C18H24N4O3. The summed E-state index contributed by atoms with van der Waals surface area (Å²) < 4.78 is 0. The van der Waals surface area contributed by atoms with Crippen molar-refractivity contribution < 1.29 is 14.4 Å². The van der Waals surface area contributed by atoms with E-state index in [1.807, 2.05) is 11.0 Å². The van der Waals surface area contributed by atoms with Gasteiger partial charge >= 0.3 is 6.03 Å². The van der Waals surface area contributed by atoms with Gasteiger partial charge in [-0.3, -0.25) is 14.5 Å². The summed E-state index contributed by atoms with van der Waals surface area (Å²) in [5.41, 5.74) is 7.21. The number of urea groups is 1. The number of nitrogens with one attached hydrogen (secondary N) is 1.